The quantitative estimate of drug-likeness (QED) is 0.535. The maximum Gasteiger partial charge on any atom is 0.416 e. The Morgan fingerprint density at radius 3 is 2.64 bits per heavy atom. The molecule has 0 heterocycles. The van der Waals surface area contributed by atoms with Gasteiger partial charge in [0, 0.05) is 0 Å². The molecule has 1 aromatic carbocycles. The maximum absolute atomic E-state index is 12.2. The largest absolute Gasteiger partial charge is 0.416 e. The first-order chi connectivity index (χ1) is 6.54. The molecule has 0 spiro atoms. The van der Waals surface area contributed by atoms with Crippen molar-refractivity contribution in [3.8, 4) is 0 Å². The second kappa shape index (κ2) is 4.13. The van der Waals surface area contributed by atoms with Crippen LogP contribution in [-0.4, -0.2) is 13.3 Å². The number of hydrogen-bond donors (Lipinski definition) is 0. The lowest BCUT2D eigenvalue weighted by Crippen LogP contribution is -2.04. The highest BCUT2D eigenvalue weighted by Crippen LogP contribution is 2.29. The smallest absolute Gasteiger partial charge is 0.399 e. The van der Waals surface area contributed by atoms with Gasteiger partial charge in [-0.3, -0.25) is 0 Å². The number of hydrogen-bond acceptors (Lipinski definition) is 2. The summed E-state index contributed by atoms with van der Waals surface area (Å²) in [5.74, 6) is 0. The summed E-state index contributed by atoms with van der Waals surface area (Å²) in [5, 5.41) is 3.37. The van der Waals surface area contributed by atoms with E-state index in [-0.39, 0.29) is 0 Å². The summed E-state index contributed by atoms with van der Waals surface area (Å²) in [6.45, 7) is 0. The van der Waals surface area contributed by atoms with Crippen LogP contribution in [0.3, 0.4) is 0 Å². The van der Waals surface area contributed by atoms with Gasteiger partial charge in [-0.15, -0.1) is 0 Å². The summed E-state index contributed by atoms with van der Waals surface area (Å²) in [6, 6.07) is 4.84. The first-order valence-corrected chi connectivity index (χ1v) is 3.78. The molecule has 0 bridgehead atoms. The van der Waals surface area contributed by atoms with Crippen LogP contribution in [0.4, 0.5) is 13.2 Å². The van der Waals surface area contributed by atoms with E-state index in [1.165, 1.54) is 25.5 Å². The number of oxime groups is 1. The van der Waals surface area contributed by atoms with Crippen molar-refractivity contribution in [3.63, 3.8) is 0 Å². The van der Waals surface area contributed by atoms with Gasteiger partial charge in [0.05, 0.1) is 11.8 Å². The lowest BCUT2D eigenvalue weighted by Gasteiger charge is -2.06. The summed E-state index contributed by atoms with van der Waals surface area (Å²) < 4.78 is 36.6. The molecular weight excluding hydrogens is 195 g/mol. The molecule has 0 aromatic heterocycles. The van der Waals surface area contributed by atoms with Crippen LogP contribution in [0.5, 0.6) is 0 Å². The minimum atomic E-state index is -4.32. The molecule has 1 aromatic rings. The third-order valence-electron chi connectivity index (χ3n) is 1.52. The number of rotatable bonds is 2. The zero-order chi connectivity index (χ0) is 10.6. The van der Waals surface area contributed by atoms with Crippen LogP contribution in [0.1, 0.15) is 11.1 Å². The molecule has 0 saturated heterocycles. The van der Waals surface area contributed by atoms with E-state index in [0.29, 0.717) is 5.56 Å². The standard InChI is InChI=1S/C9H8F3NO/c1-14-13-6-7-3-2-4-8(5-7)9(10,11)12/h2-6H,1H3. The van der Waals surface area contributed by atoms with E-state index in [0.717, 1.165) is 12.1 Å². The molecule has 0 radical (unpaired) electrons. The zero-order valence-corrected chi connectivity index (χ0v) is 7.38. The molecule has 0 aliphatic rings. The van der Waals surface area contributed by atoms with Crippen molar-refractivity contribution in [2.45, 2.75) is 6.18 Å². The molecule has 76 valence electrons. The molecule has 5 heteroatoms. The van der Waals surface area contributed by atoms with Gasteiger partial charge in [0.1, 0.15) is 7.11 Å². The first-order valence-electron chi connectivity index (χ1n) is 3.78. The van der Waals surface area contributed by atoms with Gasteiger partial charge < -0.3 is 4.84 Å². The summed E-state index contributed by atoms with van der Waals surface area (Å²) >= 11 is 0. The first kappa shape index (κ1) is 10.6. The van der Waals surface area contributed by atoms with Crippen molar-refractivity contribution in [2.24, 2.45) is 5.16 Å². The fourth-order valence-electron chi connectivity index (χ4n) is 0.909. The molecule has 0 aliphatic carbocycles. The Morgan fingerprint density at radius 2 is 2.07 bits per heavy atom. The lowest BCUT2D eigenvalue weighted by molar-refractivity contribution is -0.137. The van der Waals surface area contributed by atoms with Gasteiger partial charge in [-0.1, -0.05) is 17.3 Å². The van der Waals surface area contributed by atoms with Crippen LogP contribution in [0.25, 0.3) is 0 Å². The lowest BCUT2D eigenvalue weighted by atomic mass is 10.1. The van der Waals surface area contributed by atoms with E-state index >= 15 is 0 Å². The van der Waals surface area contributed by atoms with Crippen LogP contribution < -0.4 is 0 Å². The van der Waals surface area contributed by atoms with E-state index in [9.17, 15) is 13.2 Å². The Bertz CT molecular complexity index is 333. The fraction of sp³-hybridized carbons (Fsp3) is 0.222. The molecule has 0 N–H and O–H groups in total. The van der Waals surface area contributed by atoms with E-state index in [1.807, 2.05) is 0 Å². The minimum Gasteiger partial charge on any atom is -0.399 e. The predicted molar refractivity (Wildman–Crippen MR) is 46.0 cm³/mol. The second-order valence-electron chi connectivity index (χ2n) is 2.54. The van der Waals surface area contributed by atoms with Crippen LogP contribution >= 0.6 is 0 Å². The normalized spacial score (nSPS) is 12.0. The van der Waals surface area contributed by atoms with Gasteiger partial charge in [0.15, 0.2) is 0 Å². The number of nitrogens with zero attached hydrogens (tertiary/aromatic N) is 1. The van der Waals surface area contributed by atoms with Crippen LogP contribution in [0.15, 0.2) is 29.4 Å². The van der Waals surface area contributed by atoms with Gasteiger partial charge in [-0.2, -0.15) is 13.2 Å². The molecule has 2 nitrogen and oxygen atoms in total. The SMILES string of the molecule is CON=Cc1cccc(C(F)(F)F)c1. The van der Waals surface area contributed by atoms with Crippen molar-refractivity contribution >= 4 is 6.21 Å². The molecule has 0 amide bonds. The van der Waals surface area contributed by atoms with Crippen molar-refractivity contribution in [1.29, 1.82) is 0 Å². The average molecular weight is 203 g/mol. The summed E-state index contributed by atoms with van der Waals surface area (Å²) in [4.78, 5) is 4.36. The highest BCUT2D eigenvalue weighted by atomic mass is 19.4. The predicted octanol–water partition coefficient (Wildman–Crippen LogP) is 2.69. The van der Waals surface area contributed by atoms with Gasteiger partial charge in [0.25, 0.3) is 0 Å². The summed E-state index contributed by atoms with van der Waals surface area (Å²) in [6.07, 6.45) is -3.10. The molecule has 14 heavy (non-hydrogen) atoms. The highest BCUT2D eigenvalue weighted by Gasteiger charge is 2.30. The van der Waals surface area contributed by atoms with Crippen molar-refractivity contribution in [2.75, 3.05) is 7.11 Å². The Hall–Kier alpha value is -1.52. The molecule has 0 saturated carbocycles. The van der Waals surface area contributed by atoms with Gasteiger partial charge in [0.2, 0.25) is 0 Å². The van der Waals surface area contributed by atoms with E-state index < -0.39 is 11.7 Å². The van der Waals surface area contributed by atoms with Crippen molar-refractivity contribution < 1.29 is 18.0 Å². The third-order valence-corrected chi connectivity index (χ3v) is 1.52. The summed E-state index contributed by atoms with van der Waals surface area (Å²) in [5.41, 5.74) is -0.348. The van der Waals surface area contributed by atoms with Crippen LogP contribution in [-0.2, 0) is 11.0 Å². The third kappa shape index (κ3) is 2.76. The minimum absolute atomic E-state index is 0.349. The zero-order valence-electron chi connectivity index (χ0n) is 7.38. The molecule has 0 aliphatic heterocycles. The molecule has 0 fully saturated rings. The van der Waals surface area contributed by atoms with Crippen molar-refractivity contribution in [1.82, 2.24) is 0 Å². The monoisotopic (exact) mass is 203 g/mol. The van der Waals surface area contributed by atoms with Gasteiger partial charge in [-0.25, -0.2) is 0 Å². The summed E-state index contributed by atoms with van der Waals surface area (Å²) in [7, 11) is 1.32. The Kier molecular flexibility index (Phi) is 3.11. The van der Waals surface area contributed by atoms with Crippen LogP contribution in [0, 0.1) is 0 Å². The van der Waals surface area contributed by atoms with E-state index in [4.69, 9.17) is 0 Å². The topological polar surface area (TPSA) is 21.6 Å². The number of benzene rings is 1. The van der Waals surface area contributed by atoms with Crippen LogP contribution in [0.2, 0.25) is 0 Å². The molecule has 1 rings (SSSR count). The molecule has 0 atom stereocenters. The highest BCUT2D eigenvalue weighted by molar-refractivity contribution is 5.79. The Balaban J connectivity index is 2.96. The second-order valence-corrected chi connectivity index (χ2v) is 2.54. The molecule has 0 unspecified atom stereocenters. The van der Waals surface area contributed by atoms with E-state index in [1.54, 1.807) is 0 Å². The van der Waals surface area contributed by atoms with Gasteiger partial charge in [-0.05, 0) is 17.7 Å². The van der Waals surface area contributed by atoms with E-state index in [2.05, 4.69) is 9.99 Å². The maximum atomic E-state index is 12.2. The Labute approximate surface area is 79.0 Å². The average Bonchev–Trinajstić information content (AvgIpc) is 2.14. The van der Waals surface area contributed by atoms with Gasteiger partial charge >= 0.3 is 6.18 Å². The number of alkyl halides is 3. The molecular formula is C9H8F3NO. The fourth-order valence-corrected chi connectivity index (χ4v) is 0.909. The van der Waals surface area contributed by atoms with Crippen molar-refractivity contribution in [3.05, 3.63) is 35.4 Å². The Morgan fingerprint density at radius 1 is 1.36 bits per heavy atom. The number of halogens is 3.